The minimum absolute atomic E-state index is 0.0584. The van der Waals surface area contributed by atoms with E-state index in [0.717, 1.165) is 73.4 Å². The van der Waals surface area contributed by atoms with Gasteiger partial charge in [0.25, 0.3) is 0 Å². The van der Waals surface area contributed by atoms with Crippen LogP contribution in [0.5, 0.6) is 0 Å². The Kier molecular flexibility index (Phi) is 11.1. The number of piperidine rings is 1. The summed E-state index contributed by atoms with van der Waals surface area (Å²) in [5.74, 6) is 0.741. The van der Waals surface area contributed by atoms with Gasteiger partial charge in [0.2, 0.25) is 5.95 Å². The molecule has 3 aromatic heterocycles. The highest BCUT2D eigenvalue weighted by Gasteiger charge is 2.41. The molecule has 0 saturated carbocycles. The number of nitriles is 1. The van der Waals surface area contributed by atoms with Crippen LogP contribution in [0.1, 0.15) is 68.3 Å². The minimum Gasteiger partial charge on any atom is -0.444 e. The highest BCUT2D eigenvalue weighted by atomic mass is 32.1. The van der Waals surface area contributed by atoms with E-state index < -0.39 is 17.9 Å². The number of halogens is 3. The van der Waals surface area contributed by atoms with Gasteiger partial charge in [-0.2, -0.15) is 23.4 Å². The third kappa shape index (κ3) is 8.64. The Morgan fingerprint density at radius 2 is 1.79 bits per heavy atom. The number of ether oxygens (including phenoxy) is 1. The quantitative estimate of drug-likeness (QED) is 0.174. The average Bonchev–Trinajstić information content (AvgIpc) is 3.70. The highest BCUT2D eigenvalue weighted by Crippen LogP contribution is 2.40. The first kappa shape index (κ1) is 38.6. The van der Waals surface area contributed by atoms with Crippen LogP contribution >= 0.6 is 11.3 Å². The SMILES string of the molecule is CNc1nc(NC2CCN(Cc3ccc4c(cc(C#N)n4C[C@H](C)N4CCN(C(=O)OC(C)(C)C)CC4)c3C)CC2)c2cc(C(O)C(F)(F)F)sc2n1. The molecule has 2 atom stereocenters. The van der Waals surface area contributed by atoms with Crippen molar-refractivity contribution < 1.29 is 27.8 Å². The summed E-state index contributed by atoms with van der Waals surface area (Å²) in [7, 11) is 1.65. The van der Waals surface area contributed by atoms with Crippen LogP contribution in [-0.4, -0.2) is 111 Å². The van der Waals surface area contributed by atoms with Crippen molar-refractivity contribution in [2.24, 2.45) is 0 Å². The van der Waals surface area contributed by atoms with Crippen LogP contribution in [0.15, 0.2) is 24.3 Å². The topological polar surface area (TPSA) is 135 Å². The molecular formula is C37H48F3N9O3S. The number of amides is 1. The summed E-state index contributed by atoms with van der Waals surface area (Å²) in [4.78, 5) is 28.0. The largest absolute Gasteiger partial charge is 0.444 e. The van der Waals surface area contributed by atoms with Gasteiger partial charge in [0.15, 0.2) is 6.10 Å². The maximum absolute atomic E-state index is 13.2. The van der Waals surface area contributed by atoms with Gasteiger partial charge >= 0.3 is 12.3 Å². The molecule has 2 aliphatic rings. The molecule has 16 heteroatoms. The maximum atomic E-state index is 13.2. The van der Waals surface area contributed by atoms with E-state index in [-0.39, 0.29) is 23.1 Å². The number of anilines is 2. The lowest BCUT2D eigenvalue weighted by Gasteiger charge is -2.38. The van der Waals surface area contributed by atoms with E-state index in [1.807, 2.05) is 26.8 Å². The van der Waals surface area contributed by atoms with Gasteiger partial charge < -0.3 is 29.9 Å². The van der Waals surface area contributed by atoms with E-state index in [1.165, 1.54) is 11.6 Å². The van der Waals surface area contributed by atoms with E-state index in [9.17, 15) is 28.3 Å². The van der Waals surface area contributed by atoms with Gasteiger partial charge in [-0.25, -0.2) is 9.78 Å². The summed E-state index contributed by atoms with van der Waals surface area (Å²) >= 11 is 0.810. The molecular weight excluding hydrogens is 708 g/mol. The Morgan fingerprint density at radius 3 is 2.42 bits per heavy atom. The second kappa shape index (κ2) is 15.3. The molecule has 2 saturated heterocycles. The van der Waals surface area contributed by atoms with Crippen molar-refractivity contribution in [3.63, 3.8) is 0 Å². The number of aliphatic hydroxyl groups excluding tert-OH is 1. The predicted octanol–water partition coefficient (Wildman–Crippen LogP) is 6.48. The lowest BCUT2D eigenvalue weighted by molar-refractivity contribution is -0.205. The van der Waals surface area contributed by atoms with Crippen LogP contribution in [0.2, 0.25) is 0 Å². The number of hydrogen-bond donors (Lipinski definition) is 3. The first-order valence-electron chi connectivity index (χ1n) is 18.0. The molecule has 4 aromatic rings. The summed E-state index contributed by atoms with van der Waals surface area (Å²) in [6.45, 7) is 15.6. The number of aromatic nitrogens is 3. The fraction of sp³-hybridized carbons (Fsp3) is 0.568. The number of piperazine rings is 1. The minimum atomic E-state index is -4.77. The van der Waals surface area contributed by atoms with Crippen LogP contribution < -0.4 is 10.6 Å². The summed E-state index contributed by atoms with van der Waals surface area (Å²) in [6.07, 6.45) is -6.01. The van der Waals surface area contributed by atoms with Crippen molar-refractivity contribution in [1.29, 1.82) is 5.26 Å². The first-order valence-corrected chi connectivity index (χ1v) is 18.8. The second-order valence-electron chi connectivity index (χ2n) is 15.0. The number of thiophene rings is 1. The fourth-order valence-corrected chi connectivity index (χ4v) is 8.20. The number of likely N-dealkylation sites (tertiary alicyclic amines) is 1. The molecule has 2 fully saturated rings. The molecule has 5 heterocycles. The number of rotatable bonds is 9. The number of aliphatic hydroxyl groups is 1. The van der Waals surface area contributed by atoms with Crippen molar-refractivity contribution in [3.8, 4) is 6.07 Å². The monoisotopic (exact) mass is 755 g/mol. The number of carbonyl (C=O) groups excluding carboxylic acids is 1. The zero-order valence-corrected chi connectivity index (χ0v) is 31.9. The fourth-order valence-electron chi connectivity index (χ4n) is 7.16. The molecule has 1 aromatic carbocycles. The number of alkyl halides is 3. The number of aryl methyl sites for hydroxylation is 1. The molecule has 0 radical (unpaired) electrons. The van der Waals surface area contributed by atoms with Crippen LogP contribution in [0.4, 0.5) is 29.7 Å². The Morgan fingerprint density at radius 1 is 1.09 bits per heavy atom. The lowest BCUT2D eigenvalue weighted by Crippen LogP contribution is -2.53. The van der Waals surface area contributed by atoms with Crippen LogP contribution in [0.3, 0.4) is 0 Å². The first-order chi connectivity index (χ1) is 25.0. The summed E-state index contributed by atoms with van der Waals surface area (Å²) in [5, 5.41) is 27.8. The van der Waals surface area contributed by atoms with E-state index in [4.69, 9.17) is 4.74 Å². The third-order valence-corrected chi connectivity index (χ3v) is 11.2. The molecule has 2 aliphatic heterocycles. The number of fused-ring (bicyclic) bond motifs is 2. The van der Waals surface area contributed by atoms with E-state index in [1.54, 1.807) is 11.9 Å². The van der Waals surface area contributed by atoms with Gasteiger partial charge in [-0.3, -0.25) is 9.80 Å². The van der Waals surface area contributed by atoms with Crippen molar-refractivity contribution in [2.45, 2.75) is 90.5 Å². The van der Waals surface area contributed by atoms with Gasteiger partial charge in [-0.05, 0) is 76.8 Å². The van der Waals surface area contributed by atoms with Crippen molar-refractivity contribution in [3.05, 3.63) is 46.0 Å². The van der Waals surface area contributed by atoms with Crippen molar-refractivity contribution >= 4 is 50.3 Å². The maximum Gasteiger partial charge on any atom is 0.419 e. The van der Waals surface area contributed by atoms with Gasteiger partial charge in [0.05, 0.1) is 5.39 Å². The van der Waals surface area contributed by atoms with E-state index in [2.05, 4.69) is 67.0 Å². The predicted molar refractivity (Wildman–Crippen MR) is 200 cm³/mol. The lowest BCUT2D eigenvalue weighted by atomic mass is 10.0. The Hall–Kier alpha value is -4.17. The molecule has 12 nitrogen and oxygen atoms in total. The summed E-state index contributed by atoms with van der Waals surface area (Å²) < 4.78 is 47.4. The van der Waals surface area contributed by atoms with E-state index >= 15 is 0 Å². The standard InChI is InChI=1S/C37H48F3N9O3S/c1-22(47-13-15-48(16-14-47)35(51)52-36(3,4)5)20-49-26(19-41)17-27-23(2)24(7-8-29(27)49)21-46-11-9-25(10-12-46)43-32-28-18-30(31(50)37(38,39)40)53-33(28)45-34(42-6)44-32/h7-8,17-18,22,25,31,50H,9-16,20-21H2,1-6H3,(H2,42,43,44,45)/t22-,31?/m0/s1. The van der Waals surface area contributed by atoms with E-state index in [0.29, 0.717) is 47.3 Å². The molecule has 3 N–H and O–H groups in total. The molecule has 6 rings (SSSR count). The van der Waals surface area contributed by atoms with Gasteiger partial charge in [-0.1, -0.05) is 6.07 Å². The molecule has 53 heavy (non-hydrogen) atoms. The summed E-state index contributed by atoms with van der Waals surface area (Å²) in [6, 6.07) is 10.2. The zero-order chi connectivity index (χ0) is 38.2. The second-order valence-corrected chi connectivity index (χ2v) is 16.1. The van der Waals surface area contributed by atoms with Crippen LogP contribution in [-0.2, 0) is 17.8 Å². The van der Waals surface area contributed by atoms with Crippen molar-refractivity contribution in [2.75, 3.05) is 56.9 Å². The highest BCUT2D eigenvalue weighted by molar-refractivity contribution is 7.18. The molecule has 0 bridgehead atoms. The number of benzene rings is 1. The number of nitrogens with zero attached hydrogens (tertiary/aromatic N) is 7. The third-order valence-electron chi connectivity index (χ3n) is 10.2. The number of nitrogens with one attached hydrogen (secondary N) is 2. The molecule has 286 valence electrons. The molecule has 1 unspecified atom stereocenters. The van der Waals surface area contributed by atoms with Crippen molar-refractivity contribution in [1.82, 2.24) is 29.2 Å². The molecule has 0 spiro atoms. The van der Waals surface area contributed by atoms with Crippen LogP contribution in [0, 0.1) is 18.3 Å². The van der Waals surface area contributed by atoms with Gasteiger partial charge in [0.1, 0.15) is 28.0 Å². The molecule has 0 aliphatic carbocycles. The Bertz CT molecular complexity index is 1980. The van der Waals surface area contributed by atoms with Gasteiger partial charge in [-0.15, -0.1) is 11.3 Å². The van der Waals surface area contributed by atoms with Crippen LogP contribution in [0.25, 0.3) is 21.1 Å². The Balaban J connectivity index is 1.08. The zero-order valence-electron chi connectivity index (χ0n) is 31.0. The normalized spacial score (nSPS) is 17.9. The smallest absolute Gasteiger partial charge is 0.419 e. The molecule has 1 amide bonds. The summed E-state index contributed by atoms with van der Waals surface area (Å²) in [5.41, 5.74) is 3.47. The Labute approximate surface area is 311 Å². The number of carbonyl (C=O) groups is 1. The number of hydrogen-bond acceptors (Lipinski definition) is 11. The van der Waals surface area contributed by atoms with Gasteiger partial charge in [0, 0.05) is 87.3 Å². The average molecular weight is 756 g/mol.